The molecule has 2 nitrogen and oxygen atoms in total. The zero-order valence-electron chi connectivity index (χ0n) is 6.92. The van der Waals surface area contributed by atoms with Gasteiger partial charge in [0, 0.05) is 4.47 Å². The first-order valence-corrected chi connectivity index (χ1v) is 4.66. The molecule has 0 radical (unpaired) electrons. The molecule has 1 aromatic heterocycles. The Balaban J connectivity index is 2.62. The minimum atomic E-state index is -1.16. The molecule has 0 N–H and O–H groups in total. The first kappa shape index (κ1) is 8.69. The number of rotatable bonds is 1. The fourth-order valence-electron chi connectivity index (χ4n) is 1.09. The highest BCUT2D eigenvalue weighted by atomic mass is 79.9. The molecule has 0 aliphatic carbocycles. The topological polar surface area (TPSA) is 26.0 Å². The van der Waals surface area contributed by atoms with Gasteiger partial charge in [-0.2, -0.15) is 0 Å². The van der Waals surface area contributed by atoms with Crippen LogP contribution in [0.4, 0.5) is 4.39 Å². The number of hydrogen-bond donors (Lipinski definition) is 0. The predicted octanol–water partition coefficient (Wildman–Crippen LogP) is 3.62. The summed E-state index contributed by atoms with van der Waals surface area (Å²) < 4.78 is 18.9. The lowest BCUT2D eigenvalue weighted by Gasteiger charge is -1.89. The summed E-state index contributed by atoms with van der Waals surface area (Å²) in [6, 6.07) is 5.39. The average molecular weight is 244 g/mol. The van der Waals surface area contributed by atoms with Crippen molar-refractivity contribution in [3.05, 3.63) is 28.6 Å². The Hall–Kier alpha value is -0.900. The lowest BCUT2D eigenvalue weighted by atomic mass is 10.3. The van der Waals surface area contributed by atoms with Crippen LogP contribution in [0.3, 0.4) is 0 Å². The fraction of sp³-hybridized carbons (Fsp3) is 0.222. The summed E-state index contributed by atoms with van der Waals surface area (Å²) in [7, 11) is 0. The van der Waals surface area contributed by atoms with Crippen molar-refractivity contribution in [3.63, 3.8) is 0 Å². The van der Waals surface area contributed by atoms with Gasteiger partial charge in [0.1, 0.15) is 5.52 Å². The van der Waals surface area contributed by atoms with Gasteiger partial charge in [-0.3, -0.25) is 0 Å². The Bertz CT molecular complexity index is 438. The van der Waals surface area contributed by atoms with E-state index in [9.17, 15) is 4.39 Å². The molecule has 13 heavy (non-hydrogen) atoms. The summed E-state index contributed by atoms with van der Waals surface area (Å²) >= 11 is 3.30. The molecular formula is C9H7BrFNO. The molecule has 0 spiro atoms. The molecule has 2 rings (SSSR count). The van der Waals surface area contributed by atoms with Crippen molar-refractivity contribution in [1.82, 2.24) is 4.98 Å². The molecule has 0 aliphatic rings. The highest BCUT2D eigenvalue weighted by Crippen LogP contribution is 2.24. The van der Waals surface area contributed by atoms with E-state index < -0.39 is 6.17 Å². The number of fused-ring (bicyclic) bond motifs is 1. The molecule has 1 unspecified atom stereocenters. The SMILES string of the molecule is CC(F)c1nc2cc(Br)ccc2o1. The number of oxazole rings is 1. The van der Waals surface area contributed by atoms with Crippen molar-refractivity contribution >= 4 is 27.0 Å². The largest absolute Gasteiger partial charge is 0.437 e. The van der Waals surface area contributed by atoms with Crippen LogP contribution in [0.1, 0.15) is 19.0 Å². The lowest BCUT2D eigenvalue weighted by Crippen LogP contribution is -1.82. The van der Waals surface area contributed by atoms with Crippen molar-refractivity contribution in [1.29, 1.82) is 0 Å². The molecule has 2 aromatic rings. The van der Waals surface area contributed by atoms with Crippen molar-refractivity contribution in [3.8, 4) is 0 Å². The molecule has 0 aliphatic heterocycles. The lowest BCUT2D eigenvalue weighted by molar-refractivity contribution is 0.306. The first-order valence-electron chi connectivity index (χ1n) is 3.87. The van der Waals surface area contributed by atoms with Gasteiger partial charge in [0.15, 0.2) is 11.8 Å². The van der Waals surface area contributed by atoms with E-state index in [0.717, 1.165) is 4.47 Å². The molecule has 1 aromatic carbocycles. The maximum Gasteiger partial charge on any atom is 0.229 e. The Kier molecular flexibility index (Phi) is 2.07. The molecule has 1 atom stereocenters. The molecule has 0 fully saturated rings. The Morgan fingerprint density at radius 1 is 1.54 bits per heavy atom. The van der Waals surface area contributed by atoms with Gasteiger partial charge in [-0.1, -0.05) is 15.9 Å². The maximum absolute atomic E-state index is 12.8. The van der Waals surface area contributed by atoms with E-state index in [2.05, 4.69) is 20.9 Å². The monoisotopic (exact) mass is 243 g/mol. The molecule has 0 saturated heterocycles. The van der Waals surface area contributed by atoms with Crippen molar-refractivity contribution < 1.29 is 8.81 Å². The summed E-state index contributed by atoms with van der Waals surface area (Å²) in [5, 5.41) is 0. The number of aromatic nitrogens is 1. The number of halogens is 2. The van der Waals surface area contributed by atoms with Crippen molar-refractivity contribution in [2.24, 2.45) is 0 Å². The summed E-state index contributed by atoms with van der Waals surface area (Å²) in [4.78, 5) is 4.00. The number of hydrogen-bond acceptors (Lipinski definition) is 2. The van der Waals surface area contributed by atoms with Gasteiger partial charge in [-0.25, -0.2) is 9.37 Å². The smallest absolute Gasteiger partial charge is 0.229 e. The van der Waals surface area contributed by atoms with Crippen LogP contribution in [0, 0.1) is 0 Å². The zero-order chi connectivity index (χ0) is 9.42. The predicted molar refractivity (Wildman–Crippen MR) is 51.2 cm³/mol. The van der Waals surface area contributed by atoms with Gasteiger partial charge in [0.2, 0.25) is 5.89 Å². The third kappa shape index (κ3) is 1.58. The van der Waals surface area contributed by atoms with Crippen molar-refractivity contribution in [2.75, 3.05) is 0 Å². The third-order valence-electron chi connectivity index (χ3n) is 1.71. The summed E-state index contributed by atoms with van der Waals surface area (Å²) in [6.07, 6.45) is -1.16. The van der Waals surface area contributed by atoms with E-state index in [1.54, 1.807) is 12.1 Å². The second kappa shape index (κ2) is 3.10. The van der Waals surface area contributed by atoms with Gasteiger partial charge in [0.25, 0.3) is 0 Å². The van der Waals surface area contributed by atoms with E-state index in [1.165, 1.54) is 6.92 Å². The van der Waals surface area contributed by atoms with Crippen LogP contribution in [-0.2, 0) is 0 Å². The quantitative estimate of drug-likeness (QED) is 0.765. The van der Waals surface area contributed by atoms with Crippen LogP contribution in [-0.4, -0.2) is 4.98 Å². The molecule has 4 heteroatoms. The Morgan fingerprint density at radius 3 is 3.00 bits per heavy atom. The highest BCUT2D eigenvalue weighted by Gasteiger charge is 2.11. The average Bonchev–Trinajstić information content (AvgIpc) is 2.46. The molecule has 0 amide bonds. The normalized spacial score (nSPS) is 13.5. The molecule has 0 bridgehead atoms. The van der Waals surface area contributed by atoms with E-state index in [0.29, 0.717) is 11.1 Å². The number of alkyl halides is 1. The van der Waals surface area contributed by atoms with Crippen LogP contribution >= 0.6 is 15.9 Å². The standard InChI is InChI=1S/C9H7BrFNO/c1-5(11)9-12-7-4-6(10)2-3-8(7)13-9/h2-5H,1H3. The molecule has 1 heterocycles. The van der Waals surface area contributed by atoms with E-state index in [1.807, 2.05) is 6.07 Å². The van der Waals surface area contributed by atoms with Gasteiger partial charge < -0.3 is 4.42 Å². The fourth-order valence-corrected chi connectivity index (χ4v) is 1.44. The summed E-state index contributed by atoms with van der Waals surface area (Å²) in [5.41, 5.74) is 1.29. The minimum absolute atomic E-state index is 0.133. The number of benzene rings is 1. The Labute approximate surface area is 82.9 Å². The molecule has 68 valence electrons. The van der Waals surface area contributed by atoms with E-state index >= 15 is 0 Å². The first-order chi connectivity index (χ1) is 6.16. The van der Waals surface area contributed by atoms with Crippen LogP contribution in [0.25, 0.3) is 11.1 Å². The highest BCUT2D eigenvalue weighted by molar-refractivity contribution is 9.10. The number of nitrogens with zero attached hydrogens (tertiary/aromatic N) is 1. The van der Waals surface area contributed by atoms with Crippen LogP contribution in [0.5, 0.6) is 0 Å². The third-order valence-corrected chi connectivity index (χ3v) is 2.20. The second-order valence-corrected chi connectivity index (χ2v) is 3.70. The second-order valence-electron chi connectivity index (χ2n) is 2.78. The molecular weight excluding hydrogens is 237 g/mol. The zero-order valence-corrected chi connectivity index (χ0v) is 8.51. The van der Waals surface area contributed by atoms with Gasteiger partial charge in [-0.05, 0) is 25.1 Å². The molecule has 0 saturated carbocycles. The summed E-state index contributed by atoms with van der Waals surface area (Å²) in [6.45, 7) is 1.40. The summed E-state index contributed by atoms with van der Waals surface area (Å²) in [5.74, 6) is 0.133. The van der Waals surface area contributed by atoms with Crippen LogP contribution < -0.4 is 0 Å². The van der Waals surface area contributed by atoms with E-state index in [-0.39, 0.29) is 5.89 Å². The van der Waals surface area contributed by atoms with Gasteiger partial charge in [0.05, 0.1) is 0 Å². The Morgan fingerprint density at radius 2 is 2.31 bits per heavy atom. The van der Waals surface area contributed by atoms with Crippen LogP contribution in [0.2, 0.25) is 0 Å². The van der Waals surface area contributed by atoms with Crippen LogP contribution in [0.15, 0.2) is 27.1 Å². The minimum Gasteiger partial charge on any atom is -0.437 e. The van der Waals surface area contributed by atoms with Crippen molar-refractivity contribution in [2.45, 2.75) is 13.1 Å². The maximum atomic E-state index is 12.8. The van der Waals surface area contributed by atoms with Gasteiger partial charge >= 0.3 is 0 Å². The van der Waals surface area contributed by atoms with Gasteiger partial charge in [-0.15, -0.1) is 0 Å². The van der Waals surface area contributed by atoms with E-state index in [4.69, 9.17) is 4.42 Å².